The van der Waals surface area contributed by atoms with E-state index in [1.807, 2.05) is 44.3 Å². The van der Waals surface area contributed by atoms with Crippen molar-refractivity contribution in [3.05, 3.63) is 52.5 Å². The van der Waals surface area contributed by atoms with E-state index < -0.39 is 0 Å². The number of H-pyrrole nitrogens is 1. The number of imidazole rings is 1. The van der Waals surface area contributed by atoms with Gasteiger partial charge >= 0.3 is 5.97 Å². The molecule has 6 heteroatoms. The zero-order chi connectivity index (χ0) is 33.2. The Morgan fingerprint density at radius 1 is 0.978 bits per heavy atom. The van der Waals surface area contributed by atoms with Crippen LogP contribution in [0.3, 0.4) is 0 Å². The van der Waals surface area contributed by atoms with Crippen LogP contribution in [0.25, 0.3) is 11.3 Å². The number of carbonyl (C=O) groups excluding carboxylic acids is 2. The molecule has 1 aromatic carbocycles. The van der Waals surface area contributed by atoms with E-state index in [-0.39, 0.29) is 34.2 Å². The van der Waals surface area contributed by atoms with Crippen LogP contribution < -0.4 is 0 Å². The van der Waals surface area contributed by atoms with Gasteiger partial charge in [0.2, 0.25) is 0 Å². The Morgan fingerprint density at radius 2 is 1.63 bits per heavy atom. The van der Waals surface area contributed by atoms with Crippen LogP contribution in [-0.2, 0) is 19.7 Å². The van der Waals surface area contributed by atoms with Gasteiger partial charge in [-0.15, -0.1) is 0 Å². The van der Waals surface area contributed by atoms with Crippen molar-refractivity contribution in [2.45, 2.75) is 125 Å². The summed E-state index contributed by atoms with van der Waals surface area (Å²) in [6.07, 6.45) is 11.6. The summed E-state index contributed by atoms with van der Waals surface area (Å²) in [5.74, 6) is 4.02. The zero-order valence-corrected chi connectivity index (χ0v) is 30.1. The van der Waals surface area contributed by atoms with Crippen molar-refractivity contribution >= 4 is 23.4 Å². The Balaban J connectivity index is 0.00000182. The highest BCUT2D eigenvalue weighted by atomic mass is 35.5. The Morgan fingerprint density at radius 3 is 2.30 bits per heavy atom. The Kier molecular flexibility index (Phi) is 8.92. The minimum absolute atomic E-state index is 0.0517. The fourth-order valence-electron chi connectivity index (χ4n) is 11.9. The molecule has 0 spiro atoms. The molecule has 0 bridgehead atoms. The van der Waals surface area contributed by atoms with Gasteiger partial charge in [-0.05, 0) is 127 Å². The fourth-order valence-corrected chi connectivity index (χ4v) is 12.0. The molecular formula is C40H55ClN2O3. The molecule has 4 fully saturated rings. The van der Waals surface area contributed by atoms with Gasteiger partial charge in [-0.25, -0.2) is 4.98 Å². The number of ether oxygens (including phenoxy) is 1. The number of nitrogens with one attached hydrogen (secondary N) is 1. The number of nitrogens with zero attached hydrogens (tertiary/aromatic N) is 1. The first-order chi connectivity index (χ1) is 21.9. The summed E-state index contributed by atoms with van der Waals surface area (Å²) in [6, 6.07) is 7.90. The first-order valence-electron chi connectivity index (χ1n) is 18.2. The molecule has 46 heavy (non-hydrogen) atoms. The van der Waals surface area contributed by atoms with Crippen molar-refractivity contribution in [3.63, 3.8) is 0 Å². The second-order valence-electron chi connectivity index (χ2n) is 15.9. The maximum absolute atomic E-state index is 13.9. The standard InChI is InChI=1S/C38H49ClN2O3.C2H6/c1-21(2)33-30(43)19-38(35-40-20-29(41-35)24-7-9-25(39)10-8-24)18-14-28-26(34(33)38)11-12-32-36(5)17-15-31(44-23(4)42)22(3)27(36)13-16-37(28,32)6;1-2/h7-10,20-22,26-28,31-32H,11-19H2,1-6H3,(H,40,41);1-2H3. The second kappa shape index (κ2) is 12.2. The largest absolute Gasteiger partial charge is 0.462 e. The highest BCUT2D eigenvalue weighted by Crippen LogP contribution is 2.71. The van der Waals surface area contributed by atoms with Gasteiger partial charge in [-0.3, -0.25) is 9.59 Å². The normalized spacial score (nSPS) is 38.3. The van der Waals surface area contributed by atoms with Crippen molar-refractivity contribution in [1.82, 2.24) is 9.97 Å². The smallest absolute Gasteiger partial charge is 0.302 e. The van der Waals surface area contributed by atoms with E-state index in [4.69, 9.17) is 21.3 Å². The summed E-state index contributed by atoms with van der Waals surface area (Å²) in [4.78, 5) is 34.6. The van der Waals surface area contributed by atoms with Crippen LogP contribution in [0.15, 0.2) is 41.6 Å². The lowest BCUT2D eigenvalue weighted by Gasteiger charge is -2.67. The van der Waals surface area contributed by atoms with Crippen LogP contribution in [-0.4, -0.2) is 27.8 Å². The molecular weight excluding hydrogens is 592 g/mol. The molecule has 0 amide bonds. The maximum atomic E-state index is 13.9. The van der Waals surface area contributed by atoms with Crippen molar-refractivity contribution in [1.29, 1.82) is 0 Å². The van der Waals surface area contributed by atoms with Crippen molar-refractivity contribution in [2.75, 3.05) is 0 Å². The summed E-state index contributed by atoms with van der Waals surface area (Å²) >= 11 is 6.18. The van der Waals surface area contributed by atoms with Crippen LogP contribution in [0.4, 0.5) is 0 Å². The minimum atomic E-state index is -0.330. The van der Waals surface area contributed by atoms with Gasteiger partial charge < -0.3 is 9.72 Å². The third-order valence-electron chi connectivity index (χ3n) is 13.6. The molecule has 0 aliphatic heterocycles. The summed E-state index contributed by atoms with van der Waals surface area (Å²) in [7, 11) is 0. The van der Waals surface area contributed by atoms with Gasteiger partial charge in [-0.2, -0.15) is 0 Å². The van der Waals surface area contributed by atoms with Gasteiger partial charge in [0.05, 0.1) is 17.3 Å². The highest BCUT2D eigenvalue weighted by molar-refractivity contribution is 6.30. The second-order valence-corrected chi connectivity index (χ2v) is 16.3. The molecule has 4 saturated carbocycles. The maximum Gasteiger partial charge on any atom is 0.302 e. The Bertz CT molecular complexity index is 1510. The van der Waals surface area contributed by atoms with Crippen LogP contribution in [0.5, 0.6) is 0 Å². The van der Waals surface area contributed by atoms with Crippen molar-refractivity contribution < 1.29 is 14.3 Å². The number of hydrogen-bond donors (Lipinski definition) is 1. The van der Waals surface area contributed by atoms with Gasteiger partial charge in [0, 0.05) is 18.4 Å². The average molecular weight is 647 g/mol. The van der Waals surface area contributed by atoms with Gasteiger partial charge in [0.1, 0.15) is 11.9 Å². The number of fused-ring (bicyclic) bond motifs is 7. The molecule has 5 aliphatic carbocycles. The number of carbonyl (C=O) groups is 2. The quantitative estimate of drug-likeness (QED) is 0.336. The number of hydrogen-bond acceptors (Lipinski definition) is 4. The highest BCUT2D eigenvalue weighted by Gasteiger charge is 2.65. The number of ketones is 1. The number of halogens is 1. The average Bonchev–Trinajstić information content (AvgIpc) is 3.63. The lowest BCUT2D eigenvalue weighted by atomic mass is 9.38. The van der Waals surface area contributed by atoms with Crippen LogP contribution in [0.2, 0.25) is 5.02 Å². The number of aromatic nitrogens is 2. The molecule has 0 radical (unpaired) electrons. The summed E-state index contributed by atoms with van der Waals surface area (Å²) in [6.45, 7) is 17.5. The molecule has 9 atom stereocenters. The predicted molar refractivity (Wildman–Crippen MR) is 185 cm³/mol. The van der Waals surface area contributed by atoms with Crippen molar-refractivity contribution in [2.24, 2.45) is 46.3 Å². The molecule has 1 heterocycles. The number of rotatable bonds is 4. The third kappa shape index (κ3) is 5.04. The molecule has 5 aliphatic rings. The molecule has 1 aromatic heterocycles. The van der Waals surface area contributed by atoms with Crippen molar-refractivity contribution in [3.8, 4) is 11.3 Å². The topological polar surface area (TPSA) is 72.0 Å². The van der Waals surface area contributed by atoms with Crippen LogP contribution >= 0.6 is 11.6 Å². The molecule has 1 N–H and O–H groups in total. The Hall–Kier alpha value is -2.40. The number of esters is 1. The predicted octanol–water partition coefficient (Wildman–Crippen LogP) is 10.1. The summed E-state index contributed by atoms with van der Waals surface area (Å²) in [5.41, 5.74) is 4.76. The van der Waals surface area contributed by atoms with E-state index in [0.29, 0.717) is 41.8 Å². The minimum Gasteiger partial charge on any atom is -0.462 e. The molecule has 2 aromatic rings. The number of aromatic amines is 1. The molecule has 0 saturated heterocycles. The van der Waals surface area contributed by atoms with Gasteiger partial charge in [-0.1, -0.05) is 72.2 Å². The zero-order valence-electron chi connectivity index (χ0n) is 29.3. The first-order valence-corrected chi connectivity index (χ1v) is 18.5. The van der Waals surface area contributed by atoms with E-state index in [2.05, 4.69) is 39.6 Å². The van der Waals surface area contributed by atoms with E-state index in [1.165, 1.54) is 24.8 Å². The van der Waals surface area contributed by atoms with Crippen LogP contribution in [0, 0.1) is 46.3 Å². The molecule has 7 rings (SSSR count). The van der Waals surface area contributed by atoms with E-state index in [1.54, 1.807) is 6.92 Å². The van der Waals surface area contributed by atoms with Gasteiger partial charge in [0.15, 0.2) is 5.78 Å². The molecule has 250 valence electrons. The lowest BCUT2D eigenvalue weighted by molar-refractivity contribution is -0.188. The van der Waals surface area contributed by atoms with E-state index in [9.17, 15) is 9.59 Å². The fraction of sp³-hybridized carbons (Fsp3) is 0.675. The number of benzene rings is 1. The lowest BCUT2D eigenvalue weighted by Crippen LogP contribution is -2.60. The van der Waals surface area contributed by atoms with Gasteiger partial charge in [0.25, 0.3) is 0 Å². The third-order valence-corrected chi connectivity index (χ3v) is 13.9. The summed E-state index contributed by atoms with van der Waals surface area (Å²) < 4.78 is 5.83. The van der Waals surface area contributed by atoms with E-state index >= 15 is 0 Å². The number of allylic oxidation sites excluding steroid dienone is 2. The SMILES string of the molecule is CC.CC(=O)OC1CCC2(C)C(CCC3(C)C4CCC5(c6ncc(-c7ccc(Cl)cc7)[nH]6)CC(=O)C(C(C)C)=C5C4CCC32)C1C. The van der Waals surface area contributed by atoms with Crippen LogP contribution in [0.1, 0.15) is 119 Å². The molecule has 5 nitrogen and oxygen atoms in total. The number of Topliss-reactive ketones (excluding diaryl/α,β-unsaturated/α-hetero) is 1. The Labute approximate surface area is 281 Å². The molecule has 9 unspecified atom stereocenters. The van der Waals surface area contributed by atoms with E-state index in [0.717, 1.165) is 59.8 Å². The first kappa shape index (κ1) is 33.5. The monoisotopic (exact) mass is 646 g/mol. The summed E-state index contributed by atoms with van der Waals surface area (Å²) in [5, 5.41) is 0.720.